The van der Waals surface area contributed by atoms with E-state index in [-0.39, 0.29) is 12.2 Å². The van der Waals surface area contributed by atoms with E-state index >= 15 is 0 Å². The molecule has 0 aliphatic rings. The Balaban J connectivity index is 1.68. The molecule has 8 nitrogen and oxygen atoms in total. The first-order valence-corrected chi connectivity index (χ1v) is 11.5. The molecule has 0 saturated heterocycles. The third-order valence-corrected chi connectivity index (χ3v) is 6.80. The van der Waals surface area contributed by atoms with Gasteiger partial charge in [0.2, 0.25) is 5.88 Å². The van der Waals surface area contributed by atoms with E-state index in [4.69, 9.17) is 4.74 Å². The van der Waals surface area contributed by atoms with Crippen LogP contribution in [0.3, 0.4) is 0 Å². The highest BCUT2D eigenvalue weighted by atomic mass is 32.2. The summed E-state index contributed by atoms with van der Waals surface area (Å²) < 4.78 is 68.7. The lowest BCUT2D eigenvalue weighted by Gasteiger charge is -2.10. The first kappa shape index (κ1) is 24.1. The number of pyridine rings is 1. The second-order valence-electron chi connectivity index (χ2n) is 7.44. The van der Waals surface area contributed by atoms with Crippen LogP contribution in [0.2, 0.25) is 0 Å². The van der Waals surface area contributed by atoms with Crippen LogP contribution in [-0.4, -0.2) is 40.3 Å². The molecule has 35 heavy (non-hydrogen) atoms. The van der Waals surface area contributed by atoms with Gasteiger partial charge in [0.05, 0.1) is 30.4 Å². The molecular formula is C23H18F3N3O5S. The fourth-order valence-corrected chi connectivity index (χ4v) is 4.28. The second kappa shape index (κ2) is 8.95. The molecular weight excluding hydrogens is 487 g/mol. The van der Waals surface area contributed by atoms with E-state index in [1.807, 2.05) is 12.1 Å². The van der Waals surface area contributed by atoms with Crippen LogP contribution < -0.4 is 10.4 Å². The van der Waals surface area contributed by atoms with Crippen molar-refractivity contribution in [1.29, 1.82) is 0 Å². The number of nitrogens with zero attached hydrogens (tertiary/aromatic N) is 3. The normalized spacial score (nSPS) is 12.0. The third-order valence-electron chi connectivity index (χ3n) is 5.30. The minimum Gasteiger partial charge on any atom is -0.497 e. The number of methoxy groups -OCH3 is 1. The van der Waals surface area contributed by atoms with E-state index in [0.717, 1.165) is 45.5 Å². The highest BCUT2D eigenvalue weighted by Crippen LogP contribution is 2.31. The summed E-state index contributed by atoms with van der Waals surface area (Å²) in [5, 5.41) is 10.4. The molecule has 0 saturated carbocycles. The number of imidazole rings is 1. The number of aromatic hydroxyl groups is 1. The van der Waals surface area contributed by atoms with Crippen LogP contribution in [0.25, 0.3) is 16.8 Å². The van der Waals surface area contributed by atoms with E-state index in [9.17, 15) is 31.5 Å². The highest BCUT2D eigenvalue weighted by molar-refractivity contribution is 7.92. The van der Waals surface area contributed by atoms with Gasteiger partial charge >= 0.3 is 11.2 Å². The van der Waals surface area contributed by atoms with Crippen molar-refractivity contribution in [2.24, 2.45) is 0 Å². The monoisotopic (exact) mass is 505 g/mol. The van der Waals surface area contributed by atoms with Crippen molar-refractivity contribution in [2.75, 3.05) is 7.11 Å². The SMILES string of the molecule is COc1ccc(-c2cnccc2Cn2cc(O)n(-c3ccc(S(=O)(=O)C(F)(F)F)cc3)c2=O)cc1. The van der Waals surface area contributed by atoms with Crippen molar-refractivity contribution in [1.82, 2.24) is 14.1 Å². The molecule has 4 rings (SSSR count). The Hall–Kier alpha value is -4.06. The quantitative estimate of drug-likeness (QED) is 0.428. The smallest absolute Gasteiger partial charge is 0.497 e. The van der Waals surface area contributed by atoms with Gasteiger partial charge in [0.25, 0.3) is 9.84 Å². The minimum absolute atomic E-state index is 0.00233. The first-order valence-electron chi connectivity index (χ1n) is 10.0. The molecule has 2 aromatic heterocycles. The maximum Gasteiger partial charge on any atom is 0.501 e. The largest absolute Gasteiger partial charge is 0.501 e. The fraction of sp³-hybridized carbons (Fsp3) is 0.130. The summed E-state index contributed by atoms with van der Waals surface area (Å²) in [5.74, 6) is 0.202. The molecule has 0 spiro atoms. The Morgan fingerprint density at radius 3 is 2.29 bits per heavy atom. The average molecular weight is 505 g/mol. The van der Waals surface area contributed by atoms with Gasteiger partial charge in [-0.1, -0.05) is 12.1 Å². The predicted molar refractivity (Wildman–Crippen MR) is 120 cm³/mol. The number of rotatable bonds is 6. The molecule has 2 aromatic carbocycles. The molecule has 0 bridgehead atoms. The number of aromatic nitrogens is 3. The van der Waals surface area contributed by atoms with Gasteiger partial charge in [-0.05, 0) is 53.6 Å². The summed E-state index contributed by atoms with van der Waals surface area (Å²) >= 11 is 0. The maximum absolute atomic E-state index is 13.0. The molecule has 182 valence electrons. The minimum atomic E-state index is -5.54. The van der Waals surface area contributed by atoms with Gasteiger partial charge in [-0.15, -0.1) is 0 Å². The maximum atomic E-state index is 13.0. The van der Waals surface area contributed by atoms with Gasteiger partial charge in [0.1, 0.15) is 5.75 Å². The molecule has 0 unspecified atom stereocenters. The van der Waals surface area contributed by atoms with Crippen LogP contribution in [0.4, 0.5) is 13.2 Å². The van der Waals surface area contributed by atoms with Crippen molar-refractivity contribution >= 4 is 9.84 Å². The van der Waals surface area contributed by atoms with Gasteiger partial charge in [0.15, 0.2) is 0 Å². The van der Waals surface area contributed by atoms with Crippen LogP contribution in [0.1, 0.15) is 5.56 Å². The van der Waals surface area contributed by atoms with Crippen molar-refractivity contribution < 1.29 is 31.4 Å². The Morgan fingerprint density at radius 1 is 1.03 bits per heavy atom. The summed E-state index contributed by atoms with van der Waals surface area (Å²) in [6, 6.07) is 12.4. The van der Waals surface area contributed by atoms with Gasteiger partial charge in [0, 0.05) is 18.0 Å². The number of hydrogen-bond acceptors (Lipinski definition) is 6. The Kier molecular flexibility index (Phi) is 6.15. The van der Waals surface area contributed by atoms with Crippen molar-refractivity contribution in [3.05, 3.63) is 89.2 Å². The topological polar surface area (TPSA) is 103 Å². The van der Waals surface area contributed by atoms with E-state index in [1.54, 1.807) is 37.7 Å². The molecule has 12 heteroatoms. The zero-order valence-corrected chi connectivity index (χ0v) is 18.9. The van der Waals surface area contributed by atoms with E-state index < -0.39 is 31.8 Å². The lowest BCUT2D eigenvalue weighted by atomic mass is 10.0. The lowest BCUT2D eigenvalue weighted by Crippen LogP contribution is -2.24. The Morgan fingerprint density at radius 2 is 1.69 bits per heavy atom. The molecule has 0 fully saturated rings. The van der Waals surface area contributed by atoms with Gasteiger partial charge in [-0.3, -0.25) is 9.55 Å². The molecule has 0 radical (unpaired) electrons. The number of benzene rings is 2. The van der Waals surface area contributed by atoms with Crippen LogP contribution >= 0.6 is 0 Å². The second-order valence-corrected chi connectivity index (χ2v) is 9.38. The lowest BCUT2D eigenvalue weighted by molar-refractivity contribution is -0.0436. The van der Waals surface area contributed by atoms with Crippen LogP contribution in [-0.2, 0) is 16.4 Å². The third kappa shape index (κ3) is 4.52. The van der Waals surface area contributed by atoms with E-state index in [1.165, 1.54) is 10.8 Å². The summed E-state index contributed by atoms with van der Waals surface area (Å²) in [4.78, 5) is 16.2. The van der Waals surface area contributed by atoms with Gasteiger partial charge in [-0.25, -0.2) is 17.8 Å². The molecule has 0 aliphatic carbocycles. The van der Waals surface area contributed by atoms with Crippen LogP contribution in [0, 0.1) is 0 Å². The molecule has 2 heterocycles. The van der Waals surface area contributed by atoms with Gasteiger partial charge < -0.3 is 9.84 Å². The molecule has 0 aliphatic heterocycles. The van der Waals surface area contributed by atoms with Crippen molar-refractivity contribution in [2.45, 2.75) is 16.9 Å². The Labute approximate surface area is 197 Å². The standard InChI is InChI=1S/C23H18F3N3O5S/c1-34-18-6-2-15(3-7-18)20-12-27-11-10-16(20)13-28-14-21(30)29(22(28)31)17-4-8-19(9-5-17)35(32,33)23(24,25)26/h2-12,14,30H,13H2,1H3. The van der Waals surface area contributed by atoms with Crippen molar-refractivity contribution in [3.63, 3.8) is 0 Å². The Bertz CT molecular complexity index is 1520. The summed E-state index contributed by atoms with van der Waals surface area (Å²) in [5.41, 5.74) is -3.84. The number of sulfone groups is 1. The zero-order chi connectivity index (χ0) is 25.4. The first-order chi connectivity index (χ1) is 16.5. The number of halogens is 3. The molecule has 4 aromatic rings. The van der Waals surface area contributed by atoms with E-state index in [0.29, 0.717) is 5.75 Å². The zero-order valence-electron chi connectivity index (χ0n) is 18.1. The van der Waals surface area contributed by atoms with Crippen LogP contribution in [0.5, 0.6) is 11.6 Å². The molecule has 1 N–H and O–H groups in total. The van der Waals surface area contributed by atoms with Gasteiger partial charge in [-0.2, -0.15) is 13.2 Å². The number of alkyl halides is 3. The predicted octanol–water partition coefficient (Wildman–Crippen LogP) is 3.76. The summed E-state index contributed by atoms with van der Waals surface area (Å²) in [6.07, 6.45) is 4.38. The van der Waals surface area contributed by atoms with Crippen molar-refractivity contribution in [3.8, 4) is 28.4 Å². The number of hydrogen-bond donors (Lipinski definition) is 1. The summed E-state index contributed by atoms with van der Waals surface area (Å²) in [7, 11) is -3.98. The molecule has 0 atom stereocenters. The number of ether oxygens (including phenoxy) is 1. The van der Waals surface area contributed by atoms with Crippen LogP contribution in [0.15, 0.2) is 82.9 Å². The summed E-state index contributed by atoms with van der Waals surface area (Å²) in [6.45, 7) is 0.0593. The van der Waals surface area contributed by atoms with E-state index in [2.05, 4.69) is 4.98 Å². The molecule has 0 amide bonds. The average Bonchev–Trinajstić information content (AvgIpc) is 3.11. The fourth-order valence-electron chi connectivity index (χ4n) is 3.52. The highest BCUT2D eigenvalue weighted by Gasteiger charge is 2.46.